The Kier molecular flexibility index (Phi) is 3.13. The minimum atomic E-state index is -0.222. The number of methoxy groups -OCH3 is 2. The van der Waals surface area contributed by atoms with Crippen LogP contribution in [0.4, 0.5) is 0 Å². The molecule has 2 rings (SSSR count). The van der Waals surface area contributed by atoms with Crippen molar-refractivity contribution in [2.45, 2.75) is 24.8 Å². The number of rotatable bonds is 3. The zero-order valence-electron chi connectivity index (χ0n) is 9.55. The van der Waals surface area contributed by atoms with Crippen LogP contribution in [0.15, 0.2) is 16.6 Å². The quantitative estimate of drug-likeness (QED) is 0.929. The summed E-state index contributed by atoms with van der Waals surface area (Å²) in [4.78, 5) is 0. The van der Waals surface area contributed by atoms with E-state index in [0.717, 1.165) is 34.4 Å². The molecule has 3 nitrogen and oxygen atoms in total. The highest BCUT2D eigenvalue weighted by atomic mass is 79.9. The Morgan fingerprint density at radius 3 is 2.38 bits per heavy atom. The van der Waals surface area contributed by atoms with Gasteiger partial charge in [-0.1, -0.05) is 0 Å². The van der Waals surface area contributed by atoms with Crippen molar-refractivity contribution in [3.8, 4) is 11.5 Å². The van der Waals surface area contributed by atoms with Crippen LogP contribution in [0.1, 0.15) is 24.8 Å². The molecule has 0 aliphatic heterocycles. The van der Waals surface area contributed by atoms with Crippen LogP contribution in [-0.4, -0.2) is 14.2 Å². The zero-order chi connectivity index (χ0) is 11.8. The van der Waals surface area contributed by atoms with Gasteiger partial charge in [0, 0.05) is 11.1 Å². The van der Waals surface area contributed by atoms with Crippen molar-refractivity contribution in [1.82, 2.24) is 0 Å². The Morgan fingerprint density at radius 1 is 1.25 bits per heavy atom. The fraction of sp³-hybridized carbons (Fsp3) is 0.500. The maximum absolute atomic E-state index is 6.32. The second-order valence-electron chi connectivity index (χ2n) is 4.17. The summed E-state index contributed by atoms with van der Waals surface area (Å²) in [6, 6.07) is 3.93. The van der Waals surface area contributed by atoms with E-state index in [1.807, 2.05) is 12.1 Å². The van der Waals surface area contributed by atoms with Gasteiger partial charge in [-0.05, 0) is 47.3 Å². The molecule has 1 fully saturated rings. The first-order valence-corrected chi connectivity index (χ1v) is 6.11. The molecule has 0 heterocycles. The van der Waals surface area contributed by atoms with Crippen LogP contribution < -0.4 is 15.2 Å². The van der Waals surface area contributed by atoms with Gasteiger partial charge in [-0.25, -0.2) is 0 Å². The van der Waals surface area contributed by atoms with Crippen LogP contribution in [0.3, 0.4) is 0 Å². The van der Waals surface area contributed by atoms with Crippen LogP contribution >= 0.6 is 15.9 Å². The average Bonchev–Trinajstić information content (AvgIpc) is 2.25. The molecular weight excluding hydrogens is 270 g/mol. The van der Waals surface area contributed by atoms with E-state index in [-0.39, 0.29) is 5.54 Å². The van der Waals surface area contributed by atoms with Crippen LogP contribution in [0, 0.1) is 0 Å². The van der Waals surface area contributed by atoms with Gasteiger partial charge in [0.15, 0.2) is 0 Å². The minimum Gasteiger partial charge on any atom is -0.495 e. The fourth-order valence-corrected chi connectivity index (χ4v) is 2.78. The van der Waals surface area contributed by atoms with Crippen molar-refractivity contribution in [1.29, 1.82) is 0 Å². The summed E-state index contributed by atoms with van der Waals surface area (Å²) in [6.07, 6.45) is 3.22. The third-order valence-corrected chi connectivity index (χ3v) is 4.02. The number of nitrogens with two attached hydrogens (primary N) is 1. The molecule has 0 atom stereocenters. The van der Waals surface area contributed by atoms with Gasteiger partial charge in [-0.3, -0.25) is 0 Å². The van der Waals surface area contributed by atoms with Crippen molar-refractivity contribution < 1.29 is 9.47 Å². The number of halogens is 1. The molecule has 1 saturated carbocycles. The Balaban J connectivity index is 2.50. The Bertz CT molecular complexity index is 402. The van der Waals surface area contributed by atoms with Gasteiger partial charge >= 0.3 is 0 Å². The lowest BCUT2D eigenvalue weighted by atomic mass is 9.72. The molecule has 1 aliphatic carbocycles. The average molecular weight is 286 g/mol. The summed E-state index contributed by atoms with van der Waals surface area (Å²) in [5, 5.41) is 0. The molecule has 1 aromatic carbocycles. The predicted octanol–water partition coefficient (Wildman–Crippen LogP) is 2.80. The summed E-state index contributed by atoms with van der Waals surface area (Å²) >= 11 is 3.49. The highest BCUT2D eigenvalue weighted by Crippen LogP contribution is 2.47. The molecule has 1 aliphatic rings. The van der Waals surface area contributed by atoms with Crippen LogP contribution in [-0.2, 0) is 5.54 Å². The molecule has 0 unspecified atom stereocenters. The Labute approximate surface area is 104 Å². The highest BCUT2D eigenvalue weighted by molar-refractivity contribution is 9.10. The molecule has 16 heavy (non-hydrogen) atoms. The van der Waals surface area contributed by atoms with Gasteiger partial charge in [0.05, 0.1) is 14.2 Å². The molecule has 0 spiro atoms. The van der Waals surface area contributed by atoms with Gasteiger partial charge in [-0.2, -0.15) is 0 Å². The Hall–Kier alpha value is -0.740. The second kappa shape index (κ2) is 4.26. The van der Waals surface area contributed by atoms with Crippen LogP contribution in [0.25, 0.3) is 0 Å². The van der Waals surface area contributed by atoms with Gasteiger partial charge in [0.1, 0.15) is 16.0 Å². The standard InChI is InChI=1S/C12H16BrNO2/c1-15-9-5-4-8(11(16-2)10(9)13)12(14)6-3-7-12/h4-5H,3,6-7,14H2,1-2H3. The number of ether oxygens (including phenoxy) is 2. The molecule has 88 valence electrons. The summed E-state index contributed by atoms with van der Waals surface area (Å²) in [5.74, 6) is 1.56. The predicted molar refractivity (Wildman–Crippen MR) is 67.0 cm³/mol. The molecule has 4 heteroatoms. The maximum atomic E-state index is 6.32. The van der Waals surface area contributed by atoms with Crippen molar-refractivity contribution in [3.05, 3.63) is 22.2 Å². The molecule has 1 aromatic rings. The van der Waals surface area contributed by atoms with Crippen molar-refractivity contribution >= 4 is 15.9 Å². The monoisotopic (exact) mass is 285 g/mol. The van der Waals surface area contributed by atoms with Crippen molar-refractivity contribution in [2.24, 2.45) is 5.73 Å². The lowest BCUT2D eigenvalue weighted by Crippen LogP contribution is -2.43. The first kappa shape index (κ1) is 11.7. The van der Waals surface area contributed by atoms with E-state index in [9.17, 15) is 0 Å². The smallest absolute Gasteiger partial charge is 0.141 e. The third kappa shape index (κ3) is 1.70. The van der Waals surface area contributed by atoms with E-state index in [1.165, 1.54) is 6.42 Å². The highest BCUT2D eigenvalue weighted by Gasteiger charge is 2.37. The van der Waals surface area contributed by atoms with E-state index in [2.05, 4.69) is 15.9 Å². The molecule has 0 amide bonds. The lowest BCUT2D eigenvalue weighted by Gasteiger charge is -2.39. The van der Waals surface area contributed by atoms with Crippen molar-refractivity contribution in [2.75, 3.05) is 14.2 Å². The van der Waals surface area contributed by atoms with Gasteiger partial charge in [0.2, 0.25) is 0 Å². The molecule has 2 N–H and O–H groups in total. The second-order valence-corrected chi connectivity index (χ2v) is 4.97. The number of hydrogen-bond donors (Lipinski definition) is 1. The molecule has 0 aromatic heterocycles. The molecular formula is C12H16BrNO2. The summed E-state index contributed by atoms with van der Waals surface area (Å²) in [5.41, 5.74) is 7.16. The van der Waals surface area contributed by atoms with Gasteiger partial charge < -0.3 is 15.2 Å². The van der Waals surface area contributed by atoms with Gasteiger partial charge in [-0.15, -0.1) is 0 Å². The summed E-state index contributed by atoms with van der Waals surface area (Å²) in [6.45, 7) is 0. The largest absolute Gasteiger partial charge is 0.495 e. The molecule has 0 bridgehead atoms. The van der Waals surface area contributed by atoms with Crippen molar-refractivity contribution in [3.63, 3.8) is 0 Å². The lowest BCUT2D eigenvalue weighted by molar-refractivity contribution is 0.243. The van der Waals surface area contributed by atoms with E-state index in [0.29, 0.717) is 0 Å². The van der Waals surface area contributed by atoms with Crippen LogP contribution in [0.5, 0.6) is 11.5 Å². The maximum Gasteiger partial charge on any atom is 0.141 e. The molecule has 0 saturated heterocycles. The molecule has 0 radical (unpaired) electrons. The summed E-state index contributed by atoms with van der Waals surface area (Å²) < 4.78 is 11.5. The minimum absolute atomic E-state index is 0.222. The fourth-order valence-electron chi connectivity index (χ4n) is 2.11. The van der Waals surface area contributed by atoms with E-state index >= 15 is 0 Å². The first-order valence-electron chi connectivity index (χ1n) is 5.32. The Morgan fingerprint density at radius 2 is 1.94 bits per heavy atom. The topological polar surface area (TPSA) is 44.5 Å². The van der Waals surface area contributed by atoms with E-state index < -0.39 is 0 Å². The van der Waals surface area contributed by atoms with Crippen LogP contribution in [0.2, 0.25) is 0 Å². The number of hydrogen-bond acceptors (Lipinski definition) is 3. The zero-order valence-corrected chi connectivity index (χ0v) is 11.1. The summed E-state index contributed by atoms with van der Waals surface area (Å²) in [7, 11) is 3.30. The SMILES string of the molecule is COc1ccc(C2(N)CCC2)c(OC)c1Br. The van der Waals surface area contributed by atoms with E-state index in [1.54, 1.807) is 14.2 Å². The normalized spacial score (nSPS) is 17.8. The number of benzene rings is 1. The first-order chi connectivity index (χ1) is 7.62. The van der Waals surface area contributed by atoms with Gasteiger partial charge in [0.25, 0.3) is 0 Å². The van der Waals surface area contributed by atoms with E-state index in [4.69, 9.17) is 15.2 Å². The third-order valence-electron chi connectivity index (χ3n) is 3.27.